The van der Waals surface area contributed by atoms with Crippen LogP contribution in [0.2, 0.25) is 0 Å². The molecule has 2 atom stereocenters. The largest absolute Gasteiger partial charge is 0.480 e. The normalized spacial score (nSPS) is 13.8. The fourth-order valence-corrected chi connectivity index (χ4v) is 5.98. The van der Waals surface area contributed by atoms with Gasteiger partial charge in [-0.05, 0) is 95.9 Å². The van der Waals surface area contributed by atoms with Crippen molar-refractivity contribution < 1.29 is 43.3 Å². The van der Waals surface area contributed by atoms with Crippen molar-refractivity contribution in [1.29, 1.82) is 0 Å². The van der Waals surface area contributed by atoms with E-state index >= 15 is 0 Å². The molecule has 12 heteroatoms. The third-order valence-corrected chi connectivity index (χ3v) is 8.03. The number of hydrazine groups is 1. The van der Waals surface area contributed by atoms with E-state index in [-0.39, 0.29) is 31.8 Å². The number of carboxylic acid groups (broad SMARTS) is 1. The summed E-state index contributed by atoms with van der Waals surface area (Å²) in [5.41, 5.74) is 2.01. The molecule has 0 radical (unpaired) electrons. The summed E-state index contributed by atoms with van der Waals surface area (Å²) < 4.78 is 15.9. The van der Waals surface area contributed by atoms with E-state index in [4.69, 9.17) is 20.1 Å². The maximum absolute atomic E-state index is 13.4. The quantitative estimate of drug-likeness (QED) is 0.0432. The van der Waals surface area contributed by atoms with Crippen molar-refractivity contribution in [1.82, 2.24) is 9.91 Å². The standard InChI is InChI=1S/C37H51N3O9/c1-36(2,3)48-30(41)22-13-12-20-28(34(45)49-37(4,5)6)32(42)39(38)23-15-14-21-29(33(43)44)40(35(46)47-7)31-26-18-10-8-16-24(26)25-17-9-11-19-27(25)31/h8-11,16-19,28-29,31H,12-15,20-23,38H2,1-7H3,(H,43,44)/t28-,29-/m0/s1. The maximum atomic E-state index is 13.4. The number of aliphatic carboxylic acids is 1. The monoisotopic (exact) mass is 681 g/mol. The molecule has 0 spiro atoms. The number of carboxylic acids is 1. The highest BCUT2D eigenvalue weighted by molar-refractivity contribution is 5.97. The summed E-state index contributed by atoms with van der Waals surface area (Å²) in [6.07, 6.45) is 0.968. The van der Waals surface area contributed by atoms with E-state index in [0.717, 1.165) is 27.3 Å². The van der Waals surface area contributed by atoms with Crippen LogP contribution in [-0.4, -0.2) is 75.8 Å². The second-order valence-corrected chi connectivity index (χ2v) is 14.3. The lowest BCUT2D eigenvalue weighted by Gasteiger charge is -2.34. The van der Waals surface area contributed by atoms with Crippen molar-refractivity contribution in [2.45, 2.75) is 110 Å². The van der Waals surface area contributed by atoms with Crippen LogP contribution in [0.5, 0.6) is 0 Å². The number of nitrogens with zero attached hydrogens (tertiary/aromatic N) is 2. The van der Waals surface area contributed by atoms with E-state index in [1.165, 1.54) is 12.0 Å². The number of hydrogen-bond acceptors (Lipinski definition) is 9. The van der Waals surface area contributed by atoms with E-state index in [1.54, 1.807) is 41.5 Å². The number of carbonyl (C=O) groups is 5. The number of ether oxygens (including phenoxy) is 3. The molecular formula is C37H51N3O9. The van der Waals surface area contributed by atoms with Gasteiger partial charge in [-0.3, -0.25) is 24.3 Å². The van der Waals surface area contributed by atoms with Gasteiger partial charge in [0.1, 0.15) is 23.2 Å². The Bertz CT molecular complexity index is 1450. The van der Waals surface area contributed by atoms with Gasteiger partial charge in [0.2, 0.25) is 0 Å². The zero-order chi connectivity index (χ0) is 36.5. The first-order valence-electron chi connectivity index (χ1n) is 16.7. The number of amides is 2. The van der Waals surface area contributed by atoms with Crippen LogP contribution in [0.25, 0.3) is 11.1 Å². The number of hydrogen-bond donors (Lipinski definition) is 2. The van der Waals surface area contributed by atoms with Gasteiger partial charge in [0, 0.05) is 13.0 Å². The fourth-order valence-electron chi connectivity index (χ4n) is 5.98. The molecule has 12 nitrogen and oxygen atoms in total. The van der Waals surface area contributed by atoms with E-state index < -0.39 is 53.1 Å². The average molecular weight is 682 g/mol. The lowest BCUT2D eigenvalue weighted by Crippen LogP contribution is -2.47. The van der Waals surface area contributed by atoms with Crippen molar-refractivity contribution in [3.05, 3.63) is 59.7 Å². The first-order chi connectivity index (χ1) is 22.9. The topological polar surface area (TPSA) is 166 Å². The number of benzene rings is 2. The maximum Gasteiger partial charge on any atom is 0.411 e. The summed E-state index contributed by atoms with van der Waals surface area (Å²) in [6, 6.07) is 13.2. The number of esters is 2. The first-order valence-corrected chi connectivity index (χ1v) is 16.7. The van der Waals surface area contributed by atoms with E-state index in [9.17, 15) is 29.1 Å². The van der Waals surface area contributed by atoms with Crippen molar-refractivity contribution in [3.63, 3.8) is 0 Å². The van der Waals surface area contributed by atoms with Crippen LogP contribution in [0.1, 0.15) is 104 Å². The van der Waals surface area contributed by atoms with Crippen LogP contribution < -0.4 is 5.84 Å². The number of unbranched alkanes of at least 4 members (excludes halogenated alkanes) is 2. The summed E-state index contributed by atoms with van der Waals surface area (Å²) in [4.78, 5) is 65.8. The summed E-state index contributed by atoms with van der Waals surface area (Å²) in [7, 11) is 1.22. The smallest absolute Gasteiger partial charge is 0.411 e. The number of carbonyl (C=O) groups excluding carboxylic acids is 4. The van der Waals surface area contributed by atoms with Crippen molar-refractivity contribution >= 4 is 29.9 Å². The molecular weight excluding hydrogens is 630 g/mol. The molecule has 3 rings (SSSR count). The zero-order valence-electron chi connectivity index (χ0n) is 29.7. The molecule has 0 fully saturated rings. The zero-order valence-corrected chi connectivity index (χ0v) is 29.7. The molecule has 0 unspecified atom stereocenters. The number of rotatable bonds is 15. The van der Waals surface area contributed by atoms with Crippen LogP contribution in [0.15, 0.2) is 48.5 Å². The molecule has 2 amide bonds. The Labute approximate surface area is 288 Å². The van der Waals surface area contributed by atoms with Crippen LogP contribution in [-0.2, 0) is 33.4 Å². The highest BCUT2D eigenvalue weighted by Crippen LogP contribution is 2.47. The third-order valence-electron chi connectivity index (χ3n) is 8.03. The van der Waals surface area contributed by atoms with Gasteiger partial charge in [-0.1, -0.05) is 55.0 Å². The minimum Gasteiger partial charge on any atom is -0.480 e. The molecule has 49 heavy (non-hydrogen) atoms. The van der Waals surface area contributed by atoms with Crippen LogP contribution in [0.4, 0.5) is 4.79 Å². The summed E-state index contributed by atoms with van der Waals surface area (Å²) >= 11 is 0. The molecule has 0 heterocycles. The number of methoxy groups -OCH3 is 1. The highest BCUT2D eigenvalue weighted by atomic mass is 16.6. The molecule has 0 aliphatic heterocycles. The Morgan fingerprint density at radius 3 is 1.84 bits per heavy atom. The van der Waals surface area contributed by atoms with Crippen LogP contribution in [0, 0.1) is 5.92 Å². The molecule has 2 aromatic rings. The summed E-state index contributed by atoms with van der Waals surface area (Å²) in [6.45, 7) is 10.5. The molecule has 1 aliphatic rings. The van der Waals surface area contributed by atoms with E-state index in [2.05, 4.69) is 0 Å². The molecule has 0 bridgehead atoms. The summed E-state index contributed by atoms with van der Waals surface area (Å²) in [5, 5.41) is 11.3. The lowest BCUT2D eigenvalue weighted by atomic mass is 9.98. The molecule has 0 aromatic heterocycles. The Hall–Kier alpha value is -4.45. The molecule has 0 saturated carbocycles. The predicted octanol–water partition coefficient (Wildman–Crippen LogP) is 6.01. The number of fused-ring (bicyclic) bond motifs is 3. The van der Waals surface area contributed by atoms with Gasteiger partial charge in [-0.2, -0.15) is 0 Å². The Morgan fingerprint density at radius 2 is 1.33 bits per heavy atom. The molecule has 2 aromatic carbocycles. The van der Waals surface area contributed by atoms with Gasteiger partial charge < -0.3 is 19.3 Å². The van der Waals surface area contributed by atoms with Crippen molar-refractivity contribution in [3.8, 4) is 11.1 Å². The lowest BCUT2D eigenvalue weighted by molar-refractivity contribution is -0.165. The Morgan fingerprint density at radius 1 is 0.796 bits per heavy atom. The second kappa shape index (κ2) is 16.8. The minimum atomic E-state index is -1.24. The van der Waals surface area contributed by atoms with Crippen LogP contribution in [0.3, 0.4) is 0 Å². The van der Waals surface area contributed by atoms with Gasteiger partial charge in [-0.15, -0.1) is 0 Å². The Kier molecular flexibility index (Phi) is 13.4. The minimum absolute atomic E-state index is 0.0374. The third kappa shape index (κ3) is 10.8. The predicted molar refractivity (Wildman–Crippen MR) is 183 cm³/mol. The van der Waals surface area contributed by atoms with Crippen molar-refractivity contribution in [2.75, 3.05) is 13.7 Å². The molecule has 268 valence electrons. The fraction of sp³-hybridized carbons (Fsp3) is 0.541. The summed E-state index contributed by atoms with van der Waals surface area (Å²) in [5.74, 6) is 2.09. The van der Waals surface area contributed by atoms with Gasteiger partial charge in [0.25, 0.3) is 5.91 Å². The van der Waals surface area contributed by atoms with Gasteiger partial charge in [-0.25, -0.2) is 15.4 Å². The van der Waals surface area contributed by atoms with Gasteiger partial charge in [0.05, 0.1) is 13.2 Å². The molecule has 0 saturated heterocycles. The van der Waals surface area contributed by atoms with E-state index in [0.29, 0.717) is 25.7 Å². The van der Waals surface area contributed by atoms with Gasteiger partial charge in [0.15, 0.2) is 0 Å². The van der Waals surface area contributed by atoms with Gasteiger partial charge >= 0.3 is 24.0 Å². The number of nitrogens with two attached hydrogens (primary N) is 1. The van der Waals surface area contributed by atoms with Crippen LogP contribution >= 0.6 is 0 Å². The van der Waals surface area contributed by atoms with E-state index in [1.807, 2.05) is 48.5 Å². The molecule has 3 N–H and O–H groups in total. The SMILES string of the molecule is COC(=O)N(C1c2ccccc2-c2ccccc21)[C@@H](CCCCN(N)C(=O)[C@H](CCCCC(=O)OC(C)(C)C)C(=O)OC(C)(C)C)C(=O)O. The first kappa shape index (κ1) is 39.0. The second-order valence-electron chi connectivity index (χ2n) is 14.3. The average Bonchev–Trinajstić information content (AvgIpc) is 3.34. The van der Waals surface area contributed by atoms with Crippen molar-refractivity contribution in [2.24, 2.45) is 11.8 Å². The Balaban J connectivity index is 1.68. The highest BCUT2D eigenvalue weighted by Gasteiger charge is 2.42. The molecule has 1 aliphatic carbocycles.